The fourth-order valence-electron chi connectivity index (χ4n) is 2.82. The number of anilines is 1. The third-order valence-corrected chi connectivity index (χ3v) is 6.65. The molecule has 0 saturated carbocycles. The van der Waals surface area contributed by atoms with Gasteiger partial charge in [0.05, 0.1) is 11.8 Å². The number of carbonyl (C=O) groups is 2. The van der Waals surface area contributed by atoms with Crippen LogP contribution in [0.25, 0.3) is 0 Å². The van der Waals surface area contributed by atoms with Crippen LogP contribution < -0.4 is 10.6 Å². The van der Waals surface area contributed by atoms with Crippen molar-refractivity contribution in [2.45, 2.75) is 25.0 Å². The summed E-state index contributed by atoms with van der Waals surface area (Å²) in [5, 5.41) is 15.3. The molecule has 7 nitrogen and oxygen atoms in total. The number of hydrogen-bond acceptors (Lipinski definition) is 5. The van der Waals surface area contributed by atoms with Gasteiger partial charge in [0.25, 0.3) is 5.91 Å². The van der Waals surface area contributed by atoms with E-state index >= 15 is 0 Å². The van der Waals surface area contributed by atoms with Gasteiger partial charge in [0.1, 0.15) is 0 Å². The maximum absolute atomic E-state index is 12.4. The second-order valence-electron chi connectivity index (χ2n) is 6.90. The normalized spacial score (nSPS) is 11.8. The van der Waals surface area contributed by atoms with Crippen LogP contribution in [-0.2, 0) is 11.8 Å². The number of carbonyl (C=O) groups excluding carboxylic acids is 2. The Morgan fingerprint density at radius 2 is 1.90 bits per heavy atom. The van der Waals surface area contributed by atoms with Gasteiger partial charge in [0.15, 0.2) is 11.0 Å². The monoisotopic (exact) mass is 521 g/mol. The lowest BCUT2D eigenvalue weighted by Gasteiger charge is -2.13. The van der Waals surface area contributed by atoms with Gasteiger partial charge >= 0.3 is 0 Å². The van der Waals surface area contributed by atoms with Gasteiger partial charge in [-0.2, -0.15) is 0 Å². The molecule has 0 bridgehead atoms. The van der Waals surface area contributed by atoms with Crippen LogP contribution in [0.4, 0.5) is 5.69 Å². The zero-order chi connectivity index (χ0) is 22.5. The highest BCUT2D eigenvalue weighted by atomic mass is 79.9. The molecule has 0 fully saturated rings. The lowest BCUT2D eigenvalue weighted by molar-refractivity contribution is -0.113. The van der Waals surface area contributed by atoms with Crippen molar-refractivity contribution in [3.8, 4) is 0 Å². The maximum atomic E-state index is 12.4. The number of halogens is 2. The predicted molar refractivity (Wildman–Crippen MR) is 127 cm³/mol. The molecule has 1 aromatic heterocycles. The van der Waals surface area contributed by atoms with E-state index in [-0.39, 0.29) is 23.6 Å². The van der Waals surface area contributed by atoms with Crippen LogP contribution in [0.15, 0.2) is 52.1 Å². The summed E-state index contributed by atoms with van der Waals surface area (Å²) in [7, 11) is 1.80. The van der Waals surface area contributed by atoms with Crippen molar-refractivity contribution in [3.05, 3.63) is 68.9 Å². The third-order valence-electron chi connectivity index (χ3n) is 4.48. The highest BCUT2D eigenvalue weighted by molar-refractivity contribution is 9.10. The van der Waals surface area contributed by atoms with Gasteiger partial charge in [-0.1, -0.05) is 39.3 Å². The lowest BCUT2D eigenvalue weighted by Crippen LogP contribution is -2.28. The summed E-state index contributed by atoms with van der Waals surface area (Å²) in [6.45, 7) is 3.79. The summed E-state index contributed by atoms with van der Waals surface area (Å²) in [5.41, 5.74) is 2.29. The molecule has 0 aliphatic rings. The number of hydrogen-bond donors (Lipinski definition) is 2. The van der Waals surface area contributed by atoms with Gasteiger partial charge in [-0.05, 0) is 61.9 Å². The SMILES string of the molecule is Cc1cc(NC(=O)CSc2nnc([C@H](C)NC(=O)c3ccc(Cl)cc3)n2C)ccc1Br. The summed E-state index contributed by atoms with van der Waals surface area (Å²) < 4.78 is 2.76. The van der Waals surface area contributed by atoms with Crippen molar-refractivity contribution in [1.29, 1.82) is 0 Å². The van der Waals surface area contributed by atoms with Gasteiger partial charge in [-0.15, -0.1) is 10.2 Å². The van der Waals surface area contributed by atoms with E-state index in [1.165, 1.54) is 11.8 Å². The zero-order valence-corrected chi connectivity index (χ0v) is 20.3. The molecular weight excluding hydrogens is 502 g/mol. The van der Waals surface area contributed by atoms with Crippen molar-refractivity contribution in [2.75, 3.05) is 11.1 Å². The number of rotatable bonds is 7. The Kier molecular flexibility index (Phi) is 7.74. The molecule has 0 radical (unpaired) electrons. The fraction of sp³-hybridized carbons (Fsp3) is 0.238. The summed E-state index contributed by atoms with van der Waals surface area (Å²) in [4.78, 5) is 24.7. The highest BCUT2D eigenvalue weighted by Crippen LogP contribution is 2.22. The largest absolute Gasteiger partial charge is 0.342 e. The quantitative estimate of drug-likeness (QED) is 0.437. The Bertz CT molecular complexity index is 1100. The average molecular weight is 523 g/mol. The average Bonchev–Trinajstić information content (AvgIpc) is 3.10. The van der Waals surface area contributed by atoms with Gasteiger partial charge in [-0.25, -0.2) is 0 Å². The Hall–Kier alpha value is -2.36. The molecule has 0 saturated heterocycles. The van der Waals surface area contributed by atoms with Crippen LogP contribution in [0, 0.1) is 6.92 Å². The molecule has 10 heteroatoms. The van der Waals surface area contributed by atoms with Crippen LogP contribution in [0.2, 0.25) is 5.02 Å². The Balaban J connectivity index is 1.57. The number of amides is 2. The summed E-state index contributed by atoms with van der Waals surface area (Å²) in [6.07, 6.45) is 0. The van der Waals surface area contributed by atoms with Gasteiger partial charge in [-0.3, -0.25) is 9.59 Å². The lowest BCUT2D eigenvalue weighted by atomic mass is 10.2. The Morgan fingerprint density at radius 1 is 1.19 bits per heavy atom. The molecule has 2 N–H and O–H groups in total. The van der Waals surface area contributed by atoms with Crippen molar-refractivity contribution in [2.24, 2.45) is 7.05 Å². The Morgan fingerprint density at radius 3 is 2.58 bits per heavy atom. The molecule has 0 aliphatic heterocycles. The fourth-order valence-corrected chi connectivity index (χ4v) is 3.92. The summed E-state index contributed by atoms with van der Waals surface area (Å²) in [6, 6.07) is 11.9. The molecule has 1 heterocycles. The predicted octanol–water partition coefficient (Wildman–Crippen LogP) is 4.76. The molecule has 162 valence electrons. The maximum Gasteiger partial charge on any atom is 0.251 e. The van der Waals surface area contributed by atoms with E-state index in [1.54, 1.807) is 35.9 Å². The van der Waals surface area contributed by atoms with Crippen LogP contribution >= 0.6 is 39.3 Å². The molecule has 3 rings (SSSR count). The third kappa shape index (κ3) is 6.09. The van der Waals surface area contributed by atoms with Crippen LogP contribution in [0.1, 0.15) is 34.7 Å². The number of benzene rings is 2. The molecule has 0 spiro atoms. The molecule has 2 aromatic carbocycles. The van der Waals surface area contributed by atoms with Gasteiger partial charge in [0, 0.05) is 27.8 Å². The van der Waals surface area contributed by atoms with Crippen molar-refractivity contribution < 1.29 is 9.59 Å². The topological polar surface area (TPSA) is 88.9 Å². The highest BCUT2D eigenvalue weighted by Gasteiger charge is 2.19. The van der Waals surface area contributed by atoms with E-state index in [4.69, 9.17) is 11.6 Å². The van der Waals surface area contributed by atoms with Gasteiger partial charge < -0.3 is 15.2 Å². The minimum Gasteiger partial charge on any atom is -0.342 e. The summed E-state index contributed by atoms with van der Waals surface area (Å²) in [5.74, 6) is 0.409. The van der Waals surface area contributed by atoms with E-state index < -0.39 is 0 Å². The number of nitrogens with one attached hydrogen (secondary N) is 2. The first-order chi connectivity index (χ1) is 14.7. The van der Waals surface area contributed by atoms with Crippen LogP contribution in [0.3, 0.4) is 0 Å². The number of thioether (sulfide) groups is 1. The second-order valence-corrected chi connectivity index (χ2v) is 9.14. The molecule has 0 aliphatic carbocycles. The number of aryl methyl sites for hydroxylation is 1. The molecule has 1 atom stereocenters. The van der Waals surface area contributed by atoms with Crippen molar-refractivity contribution in [3.63, 3.8) is 0 Å². The van der Waals surface area contributed by atoms with E-state index in [0.717, 1.165) is 15.7 Å². The minimum absolute atomic E-state index is 0.139. The van der Waals surface area contributed by atoms with Crippen molar-refractivity contribution >= 4 is 56.8 Å². The van der Waals surface area contributed by atoms with Gasteiger partial charge in [0.2, 0.25) is 5.91 Å². The minimum atomic E-state index is -0.366. The molecule has 0 unspecified atom stereocenters. The molecule has 2 amide bonds. The number of nitrogens with zero attached hydrogens (tertiary/aromatic N) is 3. The molecule has 31 heavy (non-hydrogen) atoms. The Labute approximate surface area is 198 Å². The first kappa shape index (κ1) is 23.3. The van der Waals surface area contributed by atoms with Crippen LogP contribution in [-0.4, -0.2) is 32.3 Å². The molecular formula is C21H21BrClN5O2S. The summed E-state index contributed by atoms with van der Waals surface area (Å²) >= 11 is 10.6. The van der Waals surface area contributed by atoms with E-state index in [1.807, 2.05) is 32.0 Å². The van der Waals surface area contributed by atoms with Crippen LogP contribution in [0.5, 0.6) is 0 Å². The van der Waals surface area contributed by atoms with E-state index in [9.17, 15) is 9.59 Å². The second kappa shape index (κ2) is 10.3. The number of aromatic nitrogens is 3. The smallest absolute Gasteiger partial charge is 0.251 e. The first-order valence-corrected chi connectivity index (χ1v) is 11.5. The molecule has 3 aromatic rings. The first-order valence-electron chi connectivity index (χ1n) is 9.39. The van der Waals surface area contributed by atoms with E-state index in [0.29, 0.717) is 21.6 Å². The standard InChI is InChI=1S/C21H21BrClN5O2S/c1-12-10-16(8-9-17(12)22)25-18(29)11-31-21-27-26-19(28(21)3)13(2)24-20(30)14-4-6-15(23)7-5-14/h4-10,13H,11H2,1-3H3,(H,24,30)(H,25,29)/t13-/m0/s1. The zero-order valence-electron chi connectivity index (χ0n) is 17.1. The van der Waals surface area contributed by atoms with Crippen molar-refractivity contribution in [1.82, 2.24) is 20.1 Å². The van der Waals surface area contributed by atoms with E-state index in [2.05, 4.69) is 36.8 Å².